The van der Waals surface area contributed by atoms with Crippen molar-refractivity contribution in [3.05, 3.63) is 24.3 Å². The fourth-order valence-corrected chi connectivity index (χ4v) is 5.26. The van der Waals surface area contributed by atoms with Gasteiger partial charge in [0.25, 0.3) is 0 Å². The lowest BCUT2D eigenvalue weighted by Gasteiger charge is -2.23. The van der Waals surface area contributed by atoms with Crippen LogP contribution in [0.15, 0.2) is 24.3 Å². The fourth-order valence-electron chi connectivity index (χ4n) is 5.26. The topological polar surface area (TPSA) is 89.8 Å². The second-order valence-corrected chi connectivity index (χ2v) is 12.1. The van der Waals surface area contributed by atoms with E-state index < -0.39 is 18.2 Å². The summed E-state index contributed by atoms with van der Waals surface area (Å²) in [6.45, 7) is 4.20. The number of hydrogen-bond donors (Lipinski definition) is 4. The average molecular weight is 580 g/mol. The van der Waals surface area contributed by atoms with Crippen LogP contribution in [-0.4, -0.2) is 46.1 Å². The van der Waals surface area contributed by atoms with Crippen molar-refractivity contribution in [1.82, 2.24) is 5.32 Å². The van der Waals surface area contributed by atoms with Crippen molar-refractivity contribution in [1.29, 1.82) is 0 Å². The fraction of sp³-hybridized carbons (Fsp3) is 0.861. The predicted molar refractivity (Wildman–Crippen MR) is 176 cm³/mol. The van der Waals surface area contributed by atoms with E-state index in [1.165, 1.54) is 96.3 Å². The van der Waals surface area contributed by atoms with Gasteiger partial charge in [-0.1, -0.05) is 147 Å². The number of aliphatic hydroxyl groups excluding tert-OH is 3. The highest BCUT2D eigenvalue weighted by Crippen LogP contribution is 2.14. The van der Waals surface area contributed by atoms with Crippen LogP contribution in [0, 0.1) is 0 Å². The summed E-state index contributed by atoms with van der Waals surface area (Å²) in [4.78, 5) is 12.3. The zero-order valence-electron chi connectivity index (χ0n) is 27.2. The van der Waals surface area contributed by atoms with Gasteiger partial charge in [-0.05, 0) is 44.9 Å². The Morgan fingerprint density at radius 1 is 0.610 bits per heavy atom. The minimum atomic E-state index is -0.749. The lowest BCUT2D eigenvalue weighted by atomic mass is 10.0. The minimum absolute atomic E-state index is 0.0273. The Labute approximate surface area is 254 Å². The molecule has 1 amide bonds. The molecule has 0 spiro atoms. The Kier molecular flexibility index (Phi) is 30.9. The highest BCUT2D eigenvalue weighted by Gasteiger charge is 2.21. The third-order valence-electron chi connectivity index (χ3n) is 8.02. The second-order valence-electron chi connectivity index (χ2n) is 12.1. The van der Waals surface area contributed by atoms with E-state index in [1.54, 1.807) is 0 Å². The standard InChI is InChI=1S/C36H69NO4/c1-3-5-7-9-11-13-15-16-17-18-20-21-23-25-27-29-33(39)31-36(41)37-34(32-38)35(40)30-28-26-24-22-19-14-12-10-8-6-4-2/h11,13,16-17,33-35,38-40H,3-10,12,14-15,18-32H2,1-2H3,(H,37,41)/b13-11-,17-16-. The maximum atomic E-state index is 12.3. The van der Waals surface area contributed by atoms with Crippen LogP contribution in [0.4, 0.5) is 0 Å². The van der Waals surface area contributed by atoms with E-state index in [1.807, 2.05) is 0 Å². The second kappa shape index (κ2) is 31.8. The lowest BCUT2D eigenvalue weighted by Crippen LogP contribution is -2.46. The maximum absolute atomic E-state index is 12.3. The van der Waals surface area contributed by atoms with Gasteiger partial charge in [0.05, 0.1) is 31.3 Å². The van der Waals surface area contributed by atoms with Gasteiger partial charge in [0.2, 0.25) is 5.91 Å². The Morgan fingerprint density at radius 3 is 1.59 bits per heavy atom. The molecule has 3 atom stereocenters. The third-order valence-corrected chi connectivity index (χ3v) is 8.02. The van der Waals surface area contributed by atoms with Crippen molar-refractivity contribution >= 4 is 5.91 Å². The Hall–Kier alpha value is -1.17. The molecule has 3 unspecified atom stereocenters. The van der Waals surface area contributed by atoms with Crippen molar-refractivity contribution in [2.24, 2.45) is 0 Å². The van der Waals surface area contributed by atoms with E-state index in [9.17, 15) is 20.1 Å². The van der Waals surface area contributed by atoms with E-state index in [0.29, 0.717) is 12.8 Å². The molecule has 5 nitrogen and oxygen atoms in total. The van der Waals surface area contributed by atoms with Crippen LogP contribution in [0.2, 0.25) is 0 Å². The molecule has 4 N–H and O–H groups in total. The highest BCUT2D eigenvalue weighted by atomic mass is 16.3. The van der Waals surface area contributed by atoms with Crippen LogP contribution >= 0.6 is 0 Å². The Balaban J connectivity index is 3.73. The van der Waals surface area contributed by atoms with Gasteiger partial charge in [-0.15, -0.1) is 0 Å². The van der Waals surface area contributed by atoms with Crippen molar-refractivity contribution in [2.75, 3.05) is 6.61 Å². The number of aliphatic hydroxyl groups is 3. The molecule has 0 aromatic rings. The van der Waals surface area contributed by atoms with E-state index in [2.05, 4.69) is 43.5 Å². The summed E-state index contributed by atoms with van der Waals surface area (Å²) >= 11 is 0. The first-order valence-electron chi connectivity index (χ1n) is 17.6. The van der Waals surface area contributed by atoms with Crippen LogP contribution in [0.5, 0.6) is 0 Å². The molecule has 0 heterocycles. The molecule has 0 saturated carbocycles. The average Bonchev–Trinajstić information content (AvgIpc) is 2.96. The van der Waals surface area contributed by atoms with Crippen LogP contribution in [0.1, 0.15) is 174 Å². The summed E-state index contributed by atoms with van der Waals surface area (Å²) in [6, 6.07) is -0.659. The summed E-state index contributed by atoms with van der Waals surface area (Å²) < 4.78 is 0. The molecule has 0 saturated heterocycles. The molecule has 41 heavy (non-hydrogen) atoms. The predicted octanol–water partition coefficient (Wildman–Crippen LogP) is 9.09. The van der Waals surface area contributed by atoms with Crippen LogP contribution in [0.25, 0.3) is 0 Å². The molecule has 0 radical (unpaired) electrons. The van der Waals surface area contributed by atoms with E-state index in [-0.39, 0.29) is 18.9 Å². The smallest absolute Gasteiger partial charge is 0.222 e. The Morgan fingerprint density at radius 2 is 1.05 bits per heavy atom. The first-order chi connectivity index (χ1) is 20.0. The number of amides is 1. The number of hydrogen-bond acceptors (Lipinski definition) is 4. The van der Waals surface area contributed by atoms with Crippen LogP contribution < -0.4 is 5.32 Å². The quantitative estimate of drug-likeness (QED) is 0.0487. The van der Waals surface area contributed by atoms with Crippen molar-refractivity contribution < 1.29 is 20.1 Å². The summed E-state index contributed by atoms with van der Waals surface area (Å²) in [7, 11) is 0. The maximum Gasteiger partial charge on any atom is 0.222 e. The number of rotatable bonds is 31. The van der Waals surface area contributed by atoms with Gasteiger partial charge in [0.15, 0.2) is 0 Å². The minimum Gasteiger partial charge on any atom is -0.394 e. The van der Waals surface area contributed by atoms with Gasteiger partial charge in [-0.3, -0.25) is 4.79 Å². The molecular formula is C36H69NO4. The van der Waals surface area contributed by atoms with Gasteiger partial charge in [-0.25, -0.2) is 0 Å². The van der Waals surface area contributed by atoms with Crippen LogP contribution in [-0.2, 0) is 4.79 Å². The number of carbonyl (C=O) groups excluding carboxylic acids is 1. The SMILES string of the molecule is CCCCC/C=C\C/C=C\CCCCCCCC(O)CC(=O)NC(CO)C(O)CCCCCCCCCCCCC. The van der Waals surface area contributed by atoms with Gasteiger partial charge in [-0.2, -0.15) is 0 Å². The normalized spacial score (nSPS) is 14.2. The van der Waals surface area contributed by atoms with E-state index in [4.69, 9.17) is 0 Å². The van der Waals surface area contributed by atoms with Crippen LogP contribution in [0.3, 0.4) is 0 Å². The van der Waals surface area contributed by atoms with Gasteiger partial charge in [0.1, 0.15) is 0 Å². The van der Waals surface area contributed by atoms with Gasteiger partial charge in [0, 0.05) is 0 Å². The van der Waals surface area contributed by atoms with Crippen molar-refractivity contribution in [2.45, 2.75) is 193 Å². The zero-order valence-corrected chi connectivity index (χ0v) is 27.2. The summed E-state index contributed by atoms with van der Waals surface area (Å²) in [5.74, 6) is -0.294. The number of carbonyl (C=O) groups is 1. The molecule has 0 aromatic carbocycles. The molecule has 0 aromatic heterocycles. The third kappa shape index (κ3) is 28.7. The number of allylic oxidation sites excluding steroid dienone is 4. The molecule has 242 valence electrons. The van der Waals surface area contributed by atoms with Crippen molar-refractivity contribution in [3.8, 4) is 0 Å². The van der Waals surface area contributed by atoms with E-state index in [0.717, 1.165) is 44.9 Å². The Bertz CT molecular complexity index is 606. The molecule has 0 aliphatic carbocycles. The highest BCUT2D eigenvalue weighted by molar-refractivity contribution is 5.76. The molecule has 0 aliphatic heterocycles. The summed E-state index contributed by atoms with van der Waals surface area (Å²) in [5.41, 5.74) is 0. The first-order valence-corrected chi connectivity index (χ1v) is 17.6. The van der Waals surface area contributed by atoms with Gasteiger partial charge < -0.3 is 20.6 Å². The molecule has 0 rings (SSSR count). The summed E-state index contributed by atoms with van der Waals surface area (Å²) in [6.07, 6.45) is 35.5. The molecule has 5 heteroatoms. The molecular weight excluding hydrogens is 510 g/mol. The zero-order chi connectivity index (χ0) is 30.2. The first kappa shape index (κ1) is 39.8. The molecule has 0 bridgehead atoms. The lowest BCUT2D eigenvalue weighted by molar-refractivity contribution is -0.125. The largest absolute Gasteiger partial charge is 0.394 e. The summed E-state index contributed by atoms with van der Waals surface area (Å²) in [5, 5.41) is 33.1. The van der Waals surface area contributed by atoms with Gasteiger partial charge >= 0.3 is 0 Å². The van der Waals surface area contributed by atoms with E-state index >= 15 is 0 Å². The van der Waals surface area contributed by atoms with Crippen molar-refractivity contribution in [3.63, 3.8) is 0 Å². The number of nitrogens with one attached hydrogen (secondary N) is 1. The number of unbranched alkanes of at least 4 members (excludes halogenated alkanes) is 18. The molecule has 0 fully saturated rings. The monoisotopic (exact) mass is 580 g/mol. The molecule has 0 aliphatic rings.